The van der Waals surface area contributed by atoms with Crippen molar-refractivity contribution in [1.29, 1.82) is 0 Å². The molecule has 1 atom stereocenters. The maximum atomic E-state index is 11.7. The van der Waals surface area contributed by atoms with Crippen LogP contribution in [0.3, 0.4) is 0 Å². The first-order valence-corrected chi connectivity index (χ1v) is 7.48. The minimum atomic E-state index is 0.349. The van der Waals surface area contributed by atoms with E-state index in [-0.39, 0.29) is 0 Å². The molecule has 0 bridgehead atoms. The van der Waals surface area contributed by atoms with Crippen LogP contribution in [0.5, 0.6) is 0 Å². The highest BCUT2D eigenvalue weighted by Crippen LogP contribution is 2.19. The summed E-state index contributed by atoms with van der Waals surface area (Å²) in [6, 6.07) is 0. The van der Waals surface area contributed by atoms with Gasteiger partial charge in [0.15, 0.2) is 0 Å². The molecule has 0 saturated carbocycles. The minimum absolute atomic E-state index is 0.349. The molecule has 2 rings (SSSR count). The average Bonchev–Trinajstić information content (AvgIpc) is 2.69. The highest BCUT2D eigenvalue weighted by Gasteiger charge is 2.28. The Bertz CT molecular complexity index is 241. The average molecular weight is 289 g/mol. The lowest BCUT2D eigenvalue weighted by Gasteiger charge is -2.28. The third kappa shape index (κ3) is 3.20. The fourth-order valence-corrected chi connectivity index (χ4v) is 3.05. The molecular weight excluding hydrogens is 268 g/mol. The van der Waals surface area contributed by atoms with Gasteiger partial charge in [-0.15, -0.1) is 0 Å². The first-order valence-electron chi connectivity index (χ1n) is 6.35. The number of piperidine rings is 1. The van der Waals surface area contributed by atoms with Crippen LogP contribution in [-0.2, 0) is 4.79 Å². The normalized spacial score (nSPS) is 27.7. The van der Waals surface area contributed by atoms with Gasteiger partial charge in [0.05, 0.1) is 0 Å². The molecule has 2 saturated heterocycles. The molecule has 0 aromatic heterocycles. The molecule has 2 aliphatic rings. The van der Waals surface area contributed by atoms with E-state index >= 15 is 0 Å². The van der Waals surface area contributed by atoms with E-state index in [1.807, 2.05) is 4.90 Å². The van der Waals surface area contributed by atoms with Crippen LogP contribution in [0.25, 0.3) is 0 Å². The van der Waals surface area contributed by atoms with E-state index in [9.17, 15) is 4.79 Å². The van der Waals surface area contributed by atoms with Gasteiger partial charge in [-0.1, -0.05) is 22.4 Å². The van der Waals surface area contributed by atoms with Crippen LogP contribution >= 0.6 is 15.9 Å². The molecular formula is C12H21BrN2O. The number of hydrogen-bond acceptors (Lipinski definition) is 2. The Morgan fingerprint density at radius 3 is 2.56 bits per heavy atom. The molecule has 2 heterocycles. The van der Waals surface area contributed by atoms with Gasteiger partial charge < -0.3 is 9.80 Å². The van der Waals surface area contributed by atoms with Crippen molar-refractivity contribution in [2.45, 2.75) is 25.7 Å². The maximum absolute atomic E-state index is 11.7. The van der Waals surface area contributed by atoms with Crippen molar-refractivity contribution in [3.05, 3.63) is 0 Å². The molecule has 0 radical (unpaired) electrons. The number of carbonyl (C=O) groups is 1. The summed E-state index contributed by atoms with van der Waals surface area (Å²) in [6.07, 6.45) is 4.78. The second-order valence-corrected chi connectivity index (χ2v) is 5.61. The highest BCUT2D eigenvalue weighted by atomic mass is 79.9. The second kappa shape index (κ2) is 6.01. The fraction of sp³-hybridized carbons (Fsp3) is 0.917. The second-order valence-electron chi connectivity index (χ2n) is 4.97. The molecule has 2 fully saturated rings. The Balaban J connectivity index is 1.71. The van der Waals surface area contributed by atoms with Crippen LogP contribution in [0.2, 0.25) is 0 Å². The fourth-order valence-electron chi connectivity index (χ4n) is 2.62. The van der Waals surface area contributed by atoms with E-state index in [1.165, 1.54) is 32.4 Å². The van der Waals surface area contributed by atoms with Gasteiger partial charge in [0.2, 0.25) is 5.91 Å². The number of rotatable bonds is 4. The summed E-state index contributed by atoms with van der Waals surface area (Å²) in [5.41, 5.74) is 0. The molecule has 0 aromatic rings. The Kier molecular flexibility index (Phi) is 4.65. The van der Waals surface area contributed by atoms with Crippen molar-refractivity contribution in [3.8, 4) is 0 Å². The molecule has 4 heteroatoms. The van der Waals surface area contributed by atoms with Crippen molar-refractivity contribution in [3.63, 3.8) is 0 Å². The highest BCUT2D eigenvalue weighted by molar-refractivity contribution is 9.09. The van der Waals surface area contributed by atoms with Crippen molar-refractivity contribution in [2.75, 3.05) is 38.1 Å². The summed E-state index contributed by atoms with van der Waals surface area (Å²) in [5.74, 6) is 0.885. The number of halogens is 1. The van der Waals surface area contributed by atoms with Crippen LogP contribution < -0.4 is 0 Å². The number of likely N-dealkylation sites (tertiary alicyclic amines) is 2. The standard InChI is InChI=1S/C12H21BrN2O/c13-9-11-8-12(16)15(10-11)7-6-14-4-2-1-3-5-14/h11H,1-10H2. The zero-order chi connectivity index (χ0) is 11.4. The van der Waals surface area contributed by atoms with E-state index in [0.717, 1.165) is 31.4 Å². The molecule has 0 spiro atoms. The van der Waals surface area contributed by atoms with Gasteiger partial charge in [0, 0.05) is 31.4 Å². The number of alkyl halides is 1. The predicted octanol–water partition coefficient (Wildman–Crippen LogP) is 1.72. The smallest absolute Gasteiger partial charge is 0.222 e. The summed E-state index contributed by atoms with van der Waals surface area (Å²) in [7, 11) is 0. The lowest BCUT2D eigenvalue weighted by atomic mass is 10.1. The Hall–Kier alpha value is -0.0900. The third-order valence-corrected chi connectivity index (χ3v) is 4.56. The molecule has 92 valence electrons. The lowest BCUT2D eigenvalue weighted by molar-refractivity contribution is -0.127. The van der Waals surface area contributed by atoms with Gasteiger partial charge in [-0.2, -0.15) is 0 Å². The zero-order valence-corrected chi connectivity index (χ0v) is 11.4. The van der Waals surface area contributed by atoms with E-state index in [2.05, 4.69) is 20.8 Å². The van der Waals surface area contributed by atoms with Gasteiger partial charge >= 0.3 is 0 Å². The summed E-state index contributed by atoms with van der Waals surface area (Å²) in [4.78, 5) is 16.2. The first-order chi connectivity index (χ1) is 7.79. The monoisotopic (exact) mass is 288 g/mol. The number of carbonyl (C=O) groups excluding carboxylic acids is 1. The van der Waals surface area contributed by atoms with Gasteiger partial charge in [0.1, 0.15) is 0 Å². The zero-order valence-electron chi connectivity index (χ0n) is 9.83. The van der Waals surface area contributed by atoms with Crippen LogP contribution in [0, 0.1) is 5.92 Å². The Morgan fingerprint density at radius 1 is 1.19 bits per heavy atom. The van der Waals surface area contributed by atoms with Gasteiger partial charge in [0.25, 0.3) is 0 Å². The van der Waals surface area contributed by atoms with E-state index in [1.54, 1.807) is 0 Å². The number of amides is 1. The minimum Gasteiger partial charge on any atom is -0.341 e. The molecule has 16 heavy (non-hydrogen) atoms. The molecule has 3 nitrogen and oxygen atoms in total. The van der Waals surface area contributed by atoms with E-state index in [4.69, 9.17) is 0 Å². The predicted molar refractivity (Wildman–Crippen MR) is 68.8 cm³/mol. The van der Waals surface area contributed by atoms with Crippen LogP contribution in [0.4, 0.5) is 0 Å². The van der Waals surface area contributed by atoms with Gasteiger partial charge in [-0.05, 0) is 31.8 Å². The van der Waals surface area contributed by atoms with Crippen LogP contribution in [0.15, 0.2) is 0 Å². The summed E-state index contributed by atoms with van der Waals surface area (Å²) in [5, 5.41) is 0.957. The van der Waals surface area contributed by atoms with Crippen molar-refractivity contribution >= 4 is 21.8 Å². The van der Waals surface area contributed by atoms with Crippen molar-refractivity contribution in [1.82, 2.24) is 9.80 Å². The molecule has 1 unspecified atom stereocenters. The van der Waals surface area contributed by atoms with E-state index in [0.29, 0.717) is 11.8 Å². The van der Waals surface area contributed by atoms with Gasteiger partial charge in [-0.25, -0.2) is 0 Å². The molecule has 2 aliphatic heterocycles. The topological polar surface area (TPSA) is 23.6 Å². The molecule has 1 amide bonds. The third-order valence-electron chi connectivity index (χ3n) is 3.65. The van der Waals surface area contributed by atoms with Crippen molar-refractivity contribution in [2.24, 2.45) is 5.92 Å². The lowest BCUT2D eigenvalue weighted by Crippen LogP contribution is -2.38. The SMILES string of the molecule is O=C1CC(CBr)CN1CCN1CCCCC1. The molecule has 0 aromatic carbocycles. The summed E-state index contributed by atoms with van der Waals surface area (Å²) >= 11 is 3.47. The molecule has 0 N–H and O–H groups in total. The molecule has 0 aliphatic carbocycles. The van der Waals surface area contributed by atoms with Crippen LogP contribution in [-0.4, -0.2) is 53.8 Å². The Morgan fingerprint density at radius 2 is 1.94 bits per heavy atom. The maximum Gasteiger partial charge on any atom is 0.222 e. The first kappa shape index (κ1) is 12.4. The quantitative estimate of drug-likeness (QED) is 0.736. The van der Waals surface area contributed by atoms with Crippen LogP contribution in [0.1, 0.15) is 25.7 Å². The largest absolute Gasteiger partial charge is 0.341 e. The van der Waals surface area contributed by atoms with Gasteiger partial charge in [-0.3, -0.25) is 4.79 Å². The number of nitrogens with zero attached hydrogens (tertiary/aromatic N) is 2. The summed E-state index contributed by atoms with van der Waals surface area (Å²) in [6.45, 7) is 5.41. The number of hydrogen-bond donors (Lipinski definition) is 0. The van der Waals surface area contributed by atoms with E-state index < -0.39 is 0 Å². The van der Waals surface area contributed by atoms with Crippen molar-refractivity contribution < 1.29 is 4.79 Å². The Labute approximate surface area is 106 Å². The summed E-state index contributed by atoms with van der Waals surface area (Å²) < 4.78 is 0.